The Kier molecular flexibility index (Phi) is 1.23. The summed E-state index contributed by atoms with van der Waals surface area (Å²) in [6.45, 7) is 0. The van der Waals surface area contributed by atoms with Crippen LogP contribution in [0.15, 0.2) is 22.4 Å². The summed E-state index contributed by atoms with van der Waals surface area (Å²) in [5, 5.41) is 7.22. The van der Waals surface area contributed by atoms with Gasteiger partial charge in [-0.2, -0.15) is 15.7 Å². The molecule has 1 aliphatic heterocycles. The van der Waals surface area contributed by atoms with Crippen LogP contribution in [0.4, 0.5) is 0 Å². The molecule has 36 valence electrons. The number of nitrogens with one attached hydrogen (secondary N) is 1. The molecule has 0 fully saturated rings. The lowest BCUT2D eigenvalue weighted by molar-refractivity contribution is 0.821. The van der Waals surface area contributed by atoms with E-state index in [-0.39, 0.29) is 0 Å². The van der Waals surface area contributed by atoms with Crippen molar-refractivity contribution in [1.29, 1.82) is 0 Å². The first-order valence-electron chi connectivity index (χ1n) is 1.96. The van der Waals surface area contributed by atoms with E-state index in [0.29, 0.717) is 0 Å². The highest BCUT2D eigenvalue weighted by molar-refractivity contribution is 5.81. The predicted molar refractivity (Wildman–Crippen MR) is 29.3 cm³/mol. The fourth-order valence-electron chi connectivity index (χ4n) is 0.285. The van der Waals surface area contributed by atoms with Crippen molar-refractivity contribution in [3.05, 3.63) is 12.2 Å². The van der Waals surface area contributed by atoms with Crippen molar-refractivity contribution in [2.45, 2.75) is 0 Å². The number of hydrogen-bond acceptors (Lipinski definition) is 3. The van der Waals surface area contributed by atoms with Gasteiger partial charge in [0.2, 0.25) is 0 Å². The molecule has 1 aliphatic rings. The van der Waals surface area contributed by atoms with E-state index in [1.54, 1.807) is 24.6 Å². The standard InChI is InChI=1S/C4H5N3/c1-2-4-6-7-5-3-1/h1-4,7H. The minimum absolute atomic E-state index is 1.63. The summed E-state index contributed by atoms with van der Waals surface area (Å²) in [5.74, 6) is 0. The Morgan fingerprint density at radius 2 is 1.57 bits per heavy atom. The summed E-state index contributed by atoms with van der Waals surface area (Å²) in [7, 11) is 0. The lowest BCUT2D eigenvalue weighted by Crippen LogP contribution is -1.90. The van der Waals surface area contributed by atoms with Gasteiger partial charge in [0.1, 0.15) is 0 Å². The molecule has 0 aromatic rings. The molecule has 0 aromatic carbocycles. The van der Waals surface area contributed by atoms with Crippen LogP contribution in [0.3, 0.4) is 0 Å². The Balaban J connectivity index is 2.60. The van der Waals surface area contributed by atoms with Crippen LogP contribution in [0.5, 0.6) is 0 Å². The minimum atomic E-state index is 1.63. The van der Waals surface area contributed by atoms with Crippen LogP contribution in [0.25, 0.3) is 0 Å². The number of nitrogens with zero attached hydrogens (tertiary/aromatic N) is 2. The van der Waals surface area contributed by atoms with E-state index < -0.39 is 0 Å². The Labute approximate surface area is 41.4 Å². The third-order valence-corrected chi connectivity index (χ3v) is 0.548. The Morgan fingerprint density at radius 3 is 2.14 bits per heavy atom. The van der Waals surface area contributed by atoms with Crippen LogP contribution in [-0.2, 0) is 0 Å². The molecule has 0 spiro atoms. The van der Waals surface area contributed by atoms with E-state index in [1.807, 2.05) is 0 Å². The molecular weight excluding hydrogens is 90.1 g/mol. The number of rotatable bonds is 0. The van der Waals surface area contributed by atoms with Gasteiger partial charge < -0.3 is 0 Å². The molecular formula is C4H5N3. The maximum absolute atomic E-state index is 3.61. The van der Waals surface area contributed by atoms with Crippen LogP contribution in [0, 0.1) is 0 Å². The van der Waals surface area contributed by atoms with Crippen LogP contribution in [-0.4, -0.2) is 12.4 Å². The van der Waals surface area contributed by atoms with Crippen molar-refractivity contribution in [2.24, 2.45) is 10.2 Å². The molecule has 0 atom stereocenters. The van der Waals surface area contributed by atoms with E-state index in [9.17, 15) is 0 Å². The Hall–Kier alpha value is -1.12. The molecule has 0 bridgehead atoms. The van der Waals surface area contributed by atoms with E-state index >= 15 is 0 Å². The highest BCUT2D eigenvalue weighted by atomic mass is 15.5. The van der Waals surface area contributed by atoms with Gasteiger partial charge in [-0.05, 0) is 12.2 Å². The quantitative estimate of drug-likeness (QED) is 0.455. The smallest absolute Gasteiger partial charge is 0.0489 e. The zero-order valence-electron chi connectivity index (χ0n) is 3.70. The number of hydrogen-bond donors (Lipinski definition) is 1. The molecule has 7 heavy (non-hydrogen) atoms. The second-order valence-electron chi connectivity index (χ2n) is 1.04. The fourth-order valence-corrected chi connectivity index (χ4v) is 0.285. The normalized spacial score (nSPS) is 16.0. The molecule has 1 heterocycles. The average Bonchev–Trinajstić information content (AvgIpc) is 1.90. The van der Waals surface area contributed by atoms with Crippen LogP contribution >= 0.6 is 0 Å². The Morgan fingerprint density at radius 1 is 1.00 bits per heavy atom. The summed E-state index contributed by atoms with van der Waals surface area (Å²) in [5.41, 5.74) is 2.42. The zero-order valence-corrected chi connectivity index (χ0v) is 3.70. The van der Waals surface area contributed by atoms with Gasteiger partial charge in [0.25, 0.3) is 0 Å². The maximum atomic E-state index is 3.61. The first-order chi connectivity index (χ1) is 3.50. The average molecular weight is 95.1 g/mol. The topological polar surface area (TPSA) is 36.8 Å². The zero-order chi connectivity index (χ0) is 4.95. The first kappa shape index (κ1) is 4.05. The SMILES string of the molecule is C1=CC=NNN=C1. The van der Waals surface area contributed by atoms with E-state index in [0.717, 1.165) is 0 Å². The van der Waals surface area contributed by atoms with Gasteiger partial charge in [0, 0.05) is 12.4 Å². The van der Waals surface area contributed by atoms with Crippen molar-refractivity contribution < 1.29 is 0 Å². The Bertz CT molecular complexity index is 109. The number of allylic oxidation sites excluding steroid dienone is 2. The van der Waals surface area contributed by atoms with Gasteiger partial charge in [-0.25, -0.2) is 0 Å². The van der Waals surface area contributed by atoms with Gasteiger partial charge in [0.05, 0.1) is 0 Å². The fraction of sp³-hybridized carbons (Fsp3) is 0. The lowest BCUT2D eigenvalue weighted by Gasteiger charge is -1.78. The molecule has 0 saturated heterocycles. The molecule has 0 aromatic heterocycles. The molecule has 0 saturated carbocycles. The third kappa shape index (κ3) is 1.17. The van der Waals surface area contributed by atoms with Crippen LogP contribution in [0.1, 0.15) is 0 Å². The largest absolute Gasteiger partial charge is 0.198 e. The van der Waals surface area contributed by atoms with Gasteiger partial charge in [-0.15, -0.1) is 0 Å². The first-order valence-corrected chi connectivity index (χ1v) is 1.96. The van der Waals surface area contributed by atoms with Gasteiger partial charge >= 0.3 is 0 Å². The molecule has 3 heteroatoms. The third-order valence-electron chi connectivity index (χ3n) is 0.548. The van der Waals surface area contributed by atoms with Crippen LogP contribution in [0.2, 0.25) is 0 Å². The van der Waals surface area contributed by atoms with Crippen LogP contribution < -0.4 is 5.53 Å². The predicted octanol–water partition coefficient (Wildman–Crippen LogP) is 0.117. The molecule has 0 aliphatic carbocycles. The monoisotopic (exact) mass is 95.0 g/mol. The maximum Gasteiger partial charge on any atom is 0.0489 e. The van der Waals surface area contributed by atoms with Crippen molar-refractivity contribution in [3.63, 3.8) is 0 Å². The minimum Gasteiger partial charge on any atom is -0.198 e. The van der Waals surface area contributed by atoms with Crippen molar-refractivity contribution >= 4 is 12.4 Å². The highest BCUT2D eigenvalue weighted by Crippen LogP contribution is 1.69. The number of hydrazone groups is 2. The molecule has 0 radical (unpaired) electrons. The van der Waals surface area contributed by atoms with Gasteiger partial charge in [-0.3, -0.25) is 0 Å². The molecule has 0 unspecified atom stereocenters. The van der Waals surface area contributed by atoms with Crippen molar-refractivity contribution in [2.75, 3.05) is 0 Å². The summed E-state index contributed by atoms with van der Waals surface area (Å²) in [6.07, 6.45) is 6.85. The summed E-state index contributed by atoms with van der Waals surface area (Å²) in [4.78, 5) is 0. The van der Waals surface area contributed by atoms with Crippen molar-refractivity contribution in [3.8, 4) is 0 Å². The lowest BCUT2D eigenvalue weighted by atomic mass is 10.5. The molecule has 1 rings (SSSR count). The van der Waals surface area contributed by atoms with E-state index in [4.69, 9.17) is 0 Å². The molecule has 1 N–H and O–H groups in total. The summed E-state index contributed by atoms with van der Waals surface area (Å²) < 4.78 is 0. The van der Waals surface area contributed by atoms with Crippen molar-refractivity contribution in [1.82, 2.24) is 5.53 Å². The molecule has 3 nitrogen and oxygen atoms in total. The van der Waals surface area contributed by atoms with E-state index in [1.165, 1.54) is 0 Å². The second kappa shape index (κ2) is 2.12. The second-order valence-corrected chi connectivity index (χ2v) is 1.04. The van der Waals surface area contributed by atoms with Gasteiger partial charge in [-0.1, -0.05) is 0 Å². The van der Waals surface area contributed by atoms with Gasteiger partial charge in [0.15, 0.2) is 0 Å². The highest BCUT2D eigenvalue weighted by Gasteiger charge is 1.68. The molecule has 0 amide bonds. The summed E-state index contributed by atoms with van der Waals surface area (Å²) >= 11 is 0. The summed E-state index contributed by atoms with van der Waals surface area (Å²) in [6, 6.07) is 0. The van der Waals surface area contributed by atoms with E-state index in [2.05, 4.69) is 15.7 Å².